The first kappa shape index (κ1) is 17.4. The van der Waals surface area contributed by atoms with Crippen LogP contribution in [0.25, 0.3) is 10.4 Å². The minimum absolute atomic E-state index is 0.226. The van der Waals surface area contributed by atoms with Crippen molar-refractivity contribution in [2.75, 3.05) is 0 Å². The van der Waals surface area contributed by atoms with E-state index in [1.807, 2.05) is 24.0 Å². The van der Waals surface area contributed by atoms with Crippen LogP contribution in [0, 0.1) is 6.57 Å². The third-order valence-corrected chi connectivity index (χ3v) is 7.14. The summed E-state index contributed by atoms with van der Waals surface area (Å²) in [4.78, 5) is 12.6. The molecule has 0 bridgehead atoms. The molecule has 1 fully saturated rings. The van der Waals surface area contributed by atoms with Gasteiger partial charge in [-0.05, 0) is 55.4 Å². The fraction of sp³-hybridized carbons (Fsp3) is 0.476. The van der Waals surface area contributed by atoms with Crippen LogP contribution in [0.15, 0.2) is 41.2 Å². The normalized spacial score (nSPS) is 27.5. The van der Waals surface area contributed by atoms with Gasteiger partial charge in [0.05, 0.1) is 12.1 Å². The Balaban J connectivity index is 1.63. The van der Waals surface area contributed by atoms with Gasteiger partial charge in [-0.3, -0.25) is 9.98 Å². The lowest BCUT2D eigenvalue weighted by atomic mass is 9.76. The van der Waals surface area contributed by atoms with Gasteiger partial charge < -0.3 is 5.73 Å². The second-order valence-electron chi connectivity index (χ2n) is 7.82. The quantitative estimate of drug-likeness (QED) is 0.728. The first-order valence-electron chi connectivity index (χ1n) is 9.30. The molecule has 1 spiro atoms. The Bertz CT molecular complexity index is 855. The van der Waals surface area contributed by atoms with E-state index >= 15 is 0 Å². The van der Waals surface area contributed by atoms with Crippen LogP contribution in [-0.2, 0) is 0 Å². The molecule has 0 saturated heterocycles. The molecule has 0 unspecified atom stereocenters. The summed E-state index contributed by atoms with van der Waals surface area (Å²) >= 11 is 1.81. The zero-order chi connectivity index (χ0) is 18.2. The predicted molar refractivity (Wildman–Crippen MR) is 109 cm³/mol. The number of aliphatic imine (C=N–C) groups is 1. The third kappa shape index (κ3) is 3.19. The van der Waals surface area contributed by atoms with Gasteiger partial charge in [0.1, 0.15) is 0 Å². The van der Waals surface area contributed by atoms with E-state index in [0.29, 0.717) is 5.69 Å². The fourth-order valence-corrected chi connectivity index (χ4v) is 6.14. The van der Waals surface area contributed by atoms with Crippen molar-refractivity contribution in [3.8, 4) is 0 Å². The second-order valence-corrected chi connectivity index (χ2v) is 9.31. The molecular weight excluding hydrogens is 340 g/mol. The summed E-state index contributed by atoms with van der Waals surface area (Å²) in [5.74, 6) is 0. The second kappa shape index (κ2) is 6.59. The molecule has 1 atom stereocenters. The molecule has 5 heteroatoms. The Morgan fingerprint density at radius 2 is 2.04 bits per heavy atom. The lowest BCUT2D eigenvalue weighted by Gasteiger charge is -2.45. The first-order valence-corrected chi connectivity index (χ1v) is 10.1. The van der Waals surface area contributed by atoms with Crippen LogP contribution in [0.5, 0.6) is 0 Å². The van der Waals surface area contributed by atoms with Crippen LogP contribution in [-0.4, -0.2) is 20.4 Å². The average molecular weight is 365 g/mol. The summed E-state index contributed by atoms with van der Waals surface area (Å²) in [6.07, 6.45) is 16.3. The summed E-state index contributed by atoms with van der Waals surface area (Å²) in [6, 6.07) is 1.91. The minimum atomic E-state index is -0.226. The Morgan fingerprint density at radius 1 is 1.23 bits per heavy atom. The third-order valence-electron chi connectivity index (χ3n) is 5.86. The highest BCUT2D eigenvalue weighted by Crippen LogP contribution is 2.52. The van der Waals surface area contributed by atoms with E-state index in [9.17, 15) is 0 Å². The van der Waals surface area contributed by atoms with Gasteiger partial charge >= 0.3 is 0 Å². The SMILES string of the molecule is [C-]#[N+]c1cncc(C2=CCC([C@@]3(C)CC4(CCCCC4)SC(N)=N3)=C2)c1. The molecule has 1 saturated carbocycles. The molecule has 1 aromatic rings. The largest absolute Gasteiger partial charge is 0.378 e. The molecule has 4 rings (SSSR count). The highest BCUT2D eigenvalue weighted by Gasteiger charge is 2.46. The Morgan fingerprint density at radius 3 is 2.81 bits per heavy atom. The number of hydrogen-bond acceptors (Lipinski definition) is 4. The van der Waals surface area contributed by atoms with Crippen LogP contribution in [0.1, 0.15) is 57.4 Å². The van der Waals surface area contributed by atoms with Gasteiger partial charge in [-0.2, -0.15) is 0 Å². The molecule has 4 nitrogen and oxygen atoms in total. The van der Waals surface area contributed by atoms with E-state index in [-0.39, 0.29) is 10.3 Å². The standard InChI is InChI=1S/C21H24N4S/c1-20(14-21(26-19(22)25-20)8-4-3-5-9-21)17-7-6-15(10-17)16-11-18(23-2)13-24-12-16/h6,10-13H,3-5,7-9,14H2,1H3,(H2,22,25)/t20-/m1/s1. The smallest absolute Gasteiger partial charge is 0.205 e. The molecule has 1 aromatic heterocycles. The van der Waals surface area contributed by atoms with Gasteiger partial charge in [0.2, 0.25) is 5.69 Å². The Kier molecular flexibility index (Phi) is 4.40. The molecule has 2 aliphatic carbocycles. The Hall–Kier alpha value is -2.06. The predicted octanol–water partition coefficient (Wildman–Crippen LogP) is 5.26. The van der Waals surface area contributed by atoms with Crippen LogP contribution < -0.4 is 5.73 Å². The van der Waals surface area contributed by atoms with Crippen LogP contribution in [0.3, 0.4) is 0 Å². The number of rotatable bonds is 2. The zero-order valence-corrected chi connectivity index (χ0v) is 16.0. The maximum atomic E-state index is 7.19. The van der Waals surface area contributed by atoms with Crippen molar-refractivity contribution in [2.45, 2.75) is 62.2 Å². The van der Waals surface area contributed by atoms with Gasteiger partial charge in [-0.25, -0.2) is 4.85 Å². The highest BCUT2D eigenvalue weighted by molar-refractivity contribution is 8.15. The van der Waals surface area contributed by atoms with E-state index in [4.69, 9.17) is 17.3 Å². The molecule has 3 aliphatic rings. The number of thioether (sulfide) groups is 1. The monoisotopic (exact) mass is 364 g/mol. The van der Waals surface area contributed by atoms with E-state index in [2.05, 4.69) is 28.9 Å². The summed E-state index contributed by atoms with van der Waals surface area (Å²) in [6.45, 7) is 9.43. The van der Waals surface area contributed by atoms with Gasteiger partial charge in [-0.15, -0.1) is 0 Å². The average Bonchev–Trinajstić information content (AvgIpc) is 3.12. The zero-order valence-electron chi connectivity index (χ0n) is 15.2. The number of pyridine rings is 1. The van der Waals surface area contributed by atoms with E-state index < -0.39 is 0 Å². The van der Waals surface area contributed by atoms with Crippen molar-refractivity contribution < 1.29 is 0 Å². The fourth-order valence-electron chi connectivity index (χ4n) is 4.60. The van der Waals surface area contributed by atoms with E-state index in [1.54, 1.807) is 6.20 Å². The van der Waals surface area contributed by atoms with Gasteiger partial charge in [0, 0.05) is 17.1 Å². The number of nitrogens with zero attached hydrogens (tertiary/aromatic N) is 3. The van der Waals surface area contributed by atoms with Gasteiger partial charge in [0.15, 0.2) is 5.17 Å². The van der Waals surface area contributed by atoms with Crippen molar-refractivity contribution >= 4 is 28.2 Å². The molecule has 2 N–H and O–H groups in total. The van der Waals surface area contributed by atoms with E-state index in [0.717, 1.165) is 29.1 Å². The lowest BCUT2D eigenvalue weighted by molar-refractivity contribution is 0.322. The van der Waals surface area contributed by atoms with Crippen molar-refractivity contribution in [2.24, 2.45) is 10.7 Å². The summed E-state index contributed by atoms with van der Waals surface area (Å²) < 4.78 is 0.258. The highest BCUT2D eigenvalue weighted by atomic mass is 32.2. The van der Waals surface area contributed by atoms with Gasteiger partial charge in [0.25, 0.3) is 0 Å². The maximum Gasteiger partial charge on any atom is 0.205 e. The van der Waals surface area contributed by atoms with Crippen LogP contribution in [0.2, 0.25) is 0 Å². The number of nitrogens with two attached hydrogens (primary N) is 1. The molecular formula is C21H24N4S. The van der Waals surface area contributed by atoms with Crippen LogP contribution in [0.4, 0.5) is 5.69 Å². The number of hydrogen-bond donors (Lipinski definition) is 1. The number of allylic oxidation sites excluding steroid dienone is 3. The van der Waals surface area contributed by atoms with Crippen molar-refractivity contribution in [1.29, 1.82) is 0 Å². The first-order chi connectivity index (χ1) is 12.5. The molecule has 1 aliphatic heterocycles. The lowest BCUT2D eigenvalue weighted by Crippen LogP contribution is -2.45. The van der Waals surface area contributed by atoms with Crippen LogP contribution >= 0.6 is 11.8 Å². The molecule has 26 heavy (non-hydrogen) atoms. The molecule has 0 aromatic carbocycles. The molecule has 2 heterocycles. The van der Waals surface area contributed by atoms with E-state index in [1.165, 1.54) is 37.7 Å². The molecule has 0 radical (unpaired) electrons. The Labute approximate surface area is 159 Å². The van der Waals surface area contributed by atoms with Crippen molar-refractivity contribution in [1.82, 2.24) is 4.98 Å². The topological polar surface area (TPSA) is 55.6 Å². The molecule has 0 amide bonds. The van der Waals surface area contributed by atoms with Crippen molar-refractivity contribution in [3.05, 3.63) is 53.2 Å². The van der Waals surface area contributed by atoms with Gasteiger partial charge in [-0.1, -0.05) is 43.2 Å². The molecule has 134 valence electrons. The number of aromatic nitrogens is 1. The summed E-state index contributed by atoms with van der Waals surface area (Å²) in [5.41, 5.74) is 10.1. The van der Waals surface area contributed by atoms with Crippen molar-refractivity contribution in [3.63, 3.8) is 0 Å². The minimum Gasteiger partial charge on any atom is -0.378 e. The maximum absolute atomic E-state index is 7.19. The summed E-state index contributed by atoms with van der Waals surface area (Å²) in [5, 5.41) is 0.742. The number of amidine groups is 1. The summed E-state index contributed by atoms with van der Waals surface area (Å²) in [7, 11) is 0.